The number of alkyl halides is 3. The van der Waals surface area contributed by atoms with Gasteiger partial charge in [-0.1, -0.05) is 12.1 Å². The first-order valence-corrected chi connectivity index (χ1v) is 11.1. The summed E-state index contributed by atoms with van der Waals surface area (Å²) in [6.45, 7) is 5.59. The Labute approximate surface area is 193 Å². The van der Waals surface area contributed by atoms with Crippen LogP contribution in [0.3, 0.4) is 0 Å². The first kappa shape index (κ1) is 23.9. The van der Waals surface area contributed by atoms with Gasteiger partial charge in [-0.05, 0) is 31.2 Å². The fourth-order valence-corrected chi connectivity index (χ4v) is 4.11. The first-order chi connectivity index (χ1) is 16.2. The molecule has 2 heterocycles. The Morgan fingerprint density at radius 3 is 2.38 bits per heavy atom. The number of quaternary nitrogens is 2. The van der Waals surface area contributed by atoms with E-state index >= 15 is 0 Å². The van der Waals surface area contributed by atoms with E-state index in [1.807, 2.05) is 0 Å². The van der Waals surface area contributed by atoms with Gasteiger partial charge in [-0.3, -0.25) is 4.79 Å². The summed E-state index contributed by atoms with van der Waals surface area (Å²) < 4.78 is 58.3. The van der Waals surface area contributed by atoms with E-state index in [4.69, 9.17) is 13.9 Å². The number of ether oxygens (including phenoxy) is 2. The molecule has 34 heavy (non-hydrogen) atoms. The number of fused-ring (bicyclic) bond motifs is 1. The molecule has 1 fully saturated rings. The van der Waals surface area contributed by atoms with E-state index in [0.717, 1.165) is 31.1 Å². The summed E-state index contributed by atoms with van der Waals surface area (Å²) in [6, 6.07) is 8.71. The minimum absolute atomic E-state index is 0.0371. The van der Waals surface area contributed by atoms with Gasteiger partial charge in [0, 0.05) is 0 Å². The highest BCUT2D eigenvalue weighted by molar-refractivity contribution is 5.83. The Morgan fingerprint density at radius 2 is 1.74 bits per heavy atom. The summed E-state index contributed by atoms with van der Waals surface area (Å²) >= 11 is 0. The molecule has 3 N–H and O–H groups in total. The molecule has 0 bridgehead atoms. The lowest BCUT2D eigenvalue weighted by Crippen LogP contribution is -3.26. The number of rotatable bonds is 6. The molecule has 1 aliphatic heterocycles. The molecule has 0 amide bonds. The summed E-state index contributed by atoms with van der Waals surface area (Å²) in [5.74, 6) is -2.58. The molecule has 4 rings (SSSR count). The van der Waals surface area contributed by atoms with Gasteiger partial charge in [-0.25, -0.2) is 0 Å². The van der Waals surface area contributed by atoms with Crippen molar-refractivity contribution in [3.63, 3.8) is 0 Å². The maximum atomic E-state index is 14.0. The van der Waals surface area contributed by atoms with Crippen molar-refractivity contribution in [3.8, 4) is 23.0 Å². The standard InChI is InChI=1S/C24H25F3N2O5/c1-3-32-18-6-4-5-7-19(18)33-22-20(31)15-8-9-17(30)16(14-29-12-10-28(2)11-13-29)21(15)34-23(22)24(25,26)27/h4-9,30H,3,10-14H2,1-2H3/p+2. The van der Waals surface area contributed by atoms with Crippen LogP contribution in [0.5, 0.6) is 23.0 Å². The second-order valence-electron chi connectivity index (χ2n) is 8.39. The van der Waals surface area contributed by atoms with E-state index in [1.165, 1.54) is 29.2 Å². The molecule has 0 spiro atoms. The maximum absolute atomic E-state index is 14.0. The third-order valence-corrected chi connectivity index (χ3v) is 5.95. The lowest BCUT2D eigenvalue weighted by molar-refractivity contribution is -1.01. The van der Waals surface area contributed by atoms with E-state index in [0.29, 0.717) is 0 Å². The van der Waals surface area contributed by atoms with E-state index in [1.54, 1.807) is 19.1 Å². The van der Waals surface area contributed by atoms with Crippen LogP contribution in [0, 0.1) is 0 Å². The van der Waals surface area contributed by atoms with Gasteiger partial charge in [0.1, 0.15) is 38.5 Å². The summed E-state index contributed by atoms with van der Waals surface area (Å²) in [7, 11) is 2.08. The number of aromatic hydroxyl groups is 1. The van der Waals surface area contributed by atoms with Gasteiger partial charge in [-0.2, -0.15) is 13.2 Å². The maximum Gasteiger partial charge on any atom is 0.453 e. The Kier molecular flexibility index (Phi) is 6.72. The minimum Gasteiger partial charge on any atom is -0.507 e. The monoisotopic (exact) mass is 480 g/mol. The van der Waals surface area contributed by atoms with Crippen LogP contribution < -0.4 is 24.7 Å². The second-order valence-corrected chi connectivity index (χ2v) is 8.39. The number of hydrogen-bond donors (Lipinski definition) is 3. The zero-order valence-corrected chi connectivity index (χ0v) is 18.9. The predicted octanol–water partition coefficient (Wildman–Crippen LogP) is 1.62. The number of piperazine rings is 1. The zero-order valence-electron chi connectivity index (χ0n) is 18.9. The van der Waals surface area contributed by atoms with Crippen LogP contribution in [0.15, 0.2) is 45.6 Å². The third-order valence-electron chi connectivity index (χ3n) is 5.95. The Hall–Kier alpha value is -3.24. The van der Waals surface area contributed by atoms with Gasteiger partial charge < -0.3 is 28.8 Å². The lowest BCUT2D eigenvalue weighted by Gasteiger charge is -2.27. The molecule has 0 unspecified atom stereocenters. The molecule has 2 aromatic carbocycles. The van der Waals surface area contributed by atoms with Crippen LogP contribution in [0.1, 0.15) is 18.2 Å². The fraction of sp³-hybridized carbons (Fsp3) is 0.375. The highest BCUT2D eigenvalue weighted by Crippen LogP contribution is 2.41. The van der Waals surface area contributed by atoms with E-state index in [9.17, 15) is 23.1 Å². The molecule has 1 aromatic heterocycles. The second kappa shape index (κ2) is 9.55. The summed E-state index contributed by atoms with van der Waals surface area (Å²) in [5.41, 5.74) is -1.07. The largest absolute Gasteiger partial charge is 0.507 e. The van der Waals surface area contributed by atoms with Gasteiger partial charge in [0.25, 0.3) is 5.76 Å². The molecule has 1 saturated heterocycles. The summed E-state index contributed by atoms with van der Waals surface area (Å²) in [4.78, 5) is 15.7. The Morgan fingerprint density at radius 1 is 1.06 bits per heavy atom. The zero-order chi connectivity index (χ0) is 24.5. The van der Waals surface area contributed by atoms with Crippen LogP contribution in [0.4, 0.5) is 13.2 Å². The molecule has 0 atom stereocenters. The fourth-order valence-electron chi connectivity index (χ4n) is 4.11. The average molecular weight is 480 g/mol. The number of halogens is 3. The lowest BCUT2D eigenvalue weighted by atomic mass is 10.1. The third kappa shape index (κ3) is 4.83. The predicted molar refractivity (Wildman–Crippen MR) is 118 cm³/mol. The van der Waals surface area contributed by atoms with Crippen LogP contribution in [-0.4, -0.2) is 44.9 Å². The van der Waals surface area contributed by atoms with Crippen molar-refractivity contribution in [2.24, 2.45) is 0 Å². The molecular formula is C24H27F3N2O5+2. The summed E-state index contributed by atoms with van der Waals surface area (Å²) in [5, 5.41) is 10.4. The first-order valence-electron chi connectivity index (χ1n) is 11.1. The molecule has 0 saturated carbocycles. The number of para-hydroxylation sites is 2. The highest BCUT2D eigenvalue weighted by Gasteiger charge is 2.41. The van der Waals surface area contributed by atoms with Crippen molar-refractivity contribution in [1.29, 1.82) is 0 Å². The SMILES string of the molecule is CCOc1ccccc1Oc1c(C(F)(F)F)oc2c(C[NH+]3CC[NH+](C)CC3)c(O)ccc2c1=O. The van der Waals surface area contributed by atoms with Crippen LogP contribution in [0.25, 0.3) is 11.0 Å². The van der Waals surface area contributed by atoms with Crippen LogP contribution >= 0.6 is 0 Å². The molecular weight excluding hydrogens is 453 g/mol. The molecule has 182 valence electrons. The molecule has 1 aliphatic rings. The smallest absolute Gasteiger partial charge is 0.453 e. The molecule has 3 aromatic rings. The van der Waals surface area contributed by atoms with Gasteiger partial charge in [0.05, 0.1) is 24.6 Å². The molecule has 0 aliphatic carbocycles. The normalized spacial score (nSPS) is 18.7. The van der Waals surface area contributed by atoms with Crippen molar-refractivity contribution in [2.45, 2.75) is 19.6 Å². The van der Waals surface area contributed by atoms with Crippen LogP contribution in [-0.2, 0) is 12.7 Å². The Bertz CT molecular complexity index is 1230. The number of phenolic OH excluding ortho intramolecular Hbond substituents is 1. The van der Waals surface area contributed by atoms with Gasteiger partial charge in [-0.15, -0.1) is 0 Å². The summed E-state index contributed by atoms with van der Waals surface area (Å²) in [6.07, 6.45) is -5.00. The van der Waals surface area contributed by atoms with Crippen molar-refractivity contribution < 1.29 is 42.0 Å². The Balaban J connectivity index is 1.84. The van der Waals surface area contributed by atoms with Crippen molar-refractivity contribution in [3.05, 3.63) is 57.9 Å². The topological polar surface area (TPSA) is 77.8 Å². The average Bonchev–Trinajstić information content (AvgIpc) is 2.79. The minimum atomic E-state index is -5.00. The van der Waals surface area contributed by atoms with Gasteiger partial charge >= 0.3 is 6.18 Å². The van der Waals surface area contributed by atoms with Crippen molar-refractivity contribution in [1.82, 2.24) is 0 Å². The van der Waals surface area contributed by atoms with Gasteiger partial charge in [0.2, 0.25) is 11.2 Å². The quantitative estimate of drug-likeness (QED) is 0.500. The number of nitrogens with one attached hydrogen (secondary N) is 2. The molecule has 0 radical (unpaired) electrons. The van der Waals surface area contributed by atoms with E-state index in [2.05, 4.69) is 7.05 Å². The highest BCUT2D eigenvalue weighted by atomic mass is 19.4. The molecule has 7 nitrogen and oxygen atoms in total. The van der Waals surface area contributed by atoms with Crippen molar-refractivity contribution in [2.75, 3.05) is 39.8 Å². The number of benzene rings is 2. The molecule has 10 heteroatoms. The number of likely N-dealkylation sites (N-methyl/N-ethyl adjacent to an activating group) is 1. The number of hydrogen-bond acceptors (Lipinski definition) is 5. The number of phenols is 1. The van der Waals surface area contributed by atoms with Gasteiger partial charge in [0.15, 0.2) is 17.1 Å². The van der Waals surface area contributed by atoms with Crippen LogP contribution in [0.2, 0.25) is 0 Å². The van der Waals surface area contributed by atoms with Crippen molar-refractivity contribution >= 4 is 11.0 Å². The van der Waals surface area contributed by atoms with E-state index in [-0.39, 0.29) is 46.9 Å². The van der Waals surface area contributed by atoms with E-state index < -0.39 is 23.1 Å².